The van der Waals surface area contributed by atoms with E-state index in [4.69, 9.17) is 8.83 Å². The Balaban J connectivity index is 1.23. The van der Waals surface area contributed by atoms with Crippen molar-refractivity contribution >= 4 is 82.5 Å². The van der Waals surface area contributed by atoms with Crippen LogP contribution in [0.2, 0.25) is 0 Å². The van der Waals surface area contributed by atoms with Crippen molar-refractivity contribution in [1.82, 2.24) is 0 Å². The zero-order valence-electron chi connectivity index (χ0n) is 25.4. The summed E-state index contributed by atoms with van der Waals surface area (Å²) in [5.41, 5.74) is 8.75. The van der Waals surface area contributed by atoms with Crippen LogP contribution in [0.25, 0.3) is 76.5 Å². The fourth-order valence-corrected chi connectivity index (χ4v) is 7.27. The Hall–Kier alpha value is -6.32. The van der Waals surface area contributed by atoms with Gasteiger partial charge in [-0.2, -0.15) is 0 Å². The highest BCUT2D eigenvalue weighted by atomic mass is 16.3. The smallest absolute Gasteiger partial charge is 0.159 e. The largest absolute Gasteiger partial charge is 0.454 e. The first kappa shape index (κ1) is 26.0. The van der Waals surface area contributed by atoms with Crippen molar-refractivity contribution in [2.45, 2.75) is 0 Å². The SMILES string of the molecule is c1ccc2c(-c3ccc(N(c4cccc5c4oc4ccccc45)c4cccc5c4oc4c6ccccc6ccc54)cc3)cccc2c1. The lowest BCUT2D eigenvalue weighted by Gasteiger charge is -2.26. The molecule has 0 fully saturated rings. The van der Waals surface area contributed by atoms with Gasteiger partial charge in [0, 0.05) is 32.6 Å². The molecule has 0 spiro atoms. The van der Waals surface area contributed by atoms with Crippen molar-refractivity contribution in [3.63, 3.8) is 0 Å². The topological polar surface area (TPSA) is 29.5 Å². The molecule has 3 nitrogen and oxygen atoms in total. The highest BCUT2D eigenvalue weighted by Gasteiger charge is 2.23. The average Bonchev–Trinajstić information content (AvgIpc) is 3.72. The van der Waals surface area contributed by atoms with Crippen molar-refractivity contribution in [3.8, 4) is 11.1 Å². The van der Waals surface area contributed by atoms with Crippen molar-refractivity contribution < 1.29 is 8.83 Å². The predicted octanol–water partition coefficient (Wildman–Crippen LogP) is 12.9. The first-order chi connectivity index (χ1) is 23.3. The van der Waals surface area contributed by atoms with E-state index in [1.807, 2.05) is 12.1 Å². The molecule has 10 aromatic rings. The lowest BCUT2D eigenvalue weighted by molar-refractivity contribution is 0.667. The number of benzene rings is 8. The molecular weight excluding hydrogens is 574 g/mol. The van der Waals surface area contributed by atoms with Crippen LogP contribution in [0.3, 0.4) is 0 Å². The van der Waals surface area contributed by atoms with Gasteiger partial charge in [0.05, 0.1) is 11.4 Å². The van der Waals surface area contributed by atoms with Crippen molar-refractivity contribution in [2.75, 3.05) is 4.90 Å². The second kappa shape index (κ2) is 10.1. The summed E-state index contributed by atoms with van der Waals surface area (Å²) in [4.78, 5) is 2.28. The molecule has 47 heavy (non-hydrogen) atoms. The van der Waals surface area contributed by atoms with Crippen LogP contribution >= 0.6 is 0 Å². The molecule has 0 unspecified atom stereocenters. The normalized spacial score (nSPS) is 11.8. The van der Waals surface area contributed by atoms with E-state index in [0.29, 0.717) is 0 Å². The van der Waals surface area contributed by atoms with Gasteiger partial charge in [0.1, 0.15) is 11.2 Å². The van der Waals surface area contributed by atoms with E-state index in [1.165, 1.54) is 21.9 Å². The maximum atomic E-state index is 6.86. The Labute approximate surface area is 270 Å². The zero-order valence-corrected chi connectivity index (χ0v) is 25.4. The highest BCUT2D eigenvalue weighted by molar-refractivity contribution is 6.18. The van der Waals surface area contributed by atoms with Crippen LogP contribution in [0, 0.1) is 0 Å². The van der Waals surface area contributed by atoms with Gasteiger partial charge in [-0.25, -0.2) is 0 Å². The van der Waals surface area contributed by atoms with Gasteiger partial charge in [0.2, 0.25) is 0 Å². The molecule has 0 saturated carbocycles. The molecular formula is C44H27NO2. The molecule has 0 N–H and O–H groups in total. The molecule has 2 aromatic heterocycles. The van der Waals surface area contributed by atoms with E-state index in [1.54, 1.807) is 0 Å². The predicted molar refractivity (Wildman–Crippen MR) is 196 cm³/mol. The number of fused-ring (bicyclic) bond motifs is 9. The Morgan fingerprint density at radius 1 is 0.340 bits per heavy atom. The third-order valence-corrected chi connectivity index (χ3v) is 9.46. The molecule has 0 aliphatic heterocycles. The Bertz CT molecular complexity index is 2800. The molecule has 0 aliphatic carbocycles. The Morgan fingerprint density at radius 3 is 1.68 bits per heavy atom. The Kier molecular flexibility index (Phi) is 5.57. The molecule has 0 amide bonds. The van der Waals surface area contributed by atoms with Crippen LogP contribution in [-0.4, -0.2) is 0 Å². The van der Waals surface area contributed by atoms with Crippen LogP contribution in [0.4, 0.5) is 17.1 Å². The number of nitrogens with zero attached hydrogens (tertiary/aromatic N) is 1. The summed E-state index contributed by atoms with van der Waals surface area (Å²) in [5, 5.41) is 9.11. The molecule has 0 atom stereocenters. The second-order valence-electron chi connectivity index (χ2n) is 12.1. The van der Waals surface area contributed by atoms with Gasteiger partial charge in [-0.05, 0) is 63.7 Å². The van der Waals surface area contributed by atoms with E-state index in [-0.39, 0.29) is 0 Å². The first-order valence-corrected chi connectivity index (χ1v) is 15.9. The highest BCUT2D eigenvalue weighted by Crippen LogP contribution is 2.46. The Morgan fingerprint density at radius 2 is 0.894 bits per heavy atom. The molecule has 0 radical (unpaired) electrons. The fourth-order valence-electron chi connectivity index (χ4n) is 7.27. The summed E-state index contributed by atoms with van der Waals surface area (Å²) in [6.45, 7) is 0. The van der Waals surface area contributed by atoms with E-state index < -0.39 is 0 Å². The standard InChI is InChI=1S/C44H27NO2/c1-3-13-32-28(10-1)12-7-16-33(32)30-22-25-31(26-23-30)45(39-19-8-17-36-35-15-5-6-21-41(35)46-43(36)39)40-20-9-18-37-38-27-24-29-11-2-4-14-34(29)42(38)47-44(37)40/h1-27H. The fraction of sp³-hybridized carbons (Fsp3) is 0. The molecule has 0 saturated heterocycles. The van der Waals surface area contributed by atoms with Crippen LogP contribution < -0.4 is 4.90 Å². The lowest BCUT2D eigenvalue weighted by Crippen LogP contribution is -2.10. The first-order valence-electron chi connectivity index (χ1n) is 15.9. The minimum atomic E-state index is 0.838. The number of hydrogen-bond donors (Lipinski definition) is 0. The van der Waals surface area contributed by atoms with Crippen LogP contribution in [0.5, 0.6) is 0 Å². The minimum Gasteiger partial charge on any atom is -0.454 e. The molecule has 0 aliphatic rings. The number of para-hydroxylation sites is 3. The van der Waals surface area contributed by atoms with Crippen molar-refractivity contribution in [2.24, 2.45) is 0 Å². The maximum absolute atomic E-state index is 6.86. The van der Waals surface area contributed by atoms with Crippen LogP contribution in [-0.2, 0) is 0 Å². The summed E-state index contributed by atoms with van der Waals surface area (Å²) < 4.78 is 13.5. The van der Waals surface area contributed by atoms with Gasteiger partial charge in [0.15, 0.2) is 11.2 Å². The zero-order chi connectivity index (χ0) is 30.9. The molecule has 3 heteroatoms. The van der Waals surface area contributed by atoms with Gasteiger partial charge in [-0.15, -0.1) is 0 Å². The minimum absolute atomic E-state index is 0.838. The third kappa shape index (κ3) is 3.93. The molecule has 2 heterocycles. The lowest BCUT2D eigenvalue weighted by atomic mass is 9.98. The van der Waals surface area contributed by atoms with Gasteiger partial charge >= 0.3 is 0 Å². The summed E-state index contributed by atoms with van der Waals surface area (Å²) in [7, 11) is 0. The summed E-state index contributed by atoms with van der Waals surface area (Å²) in [6, 6.07) is 57.7. The van der Waals surface area contributed by atoms with E-state index >= 15 is 0 Å². The van der Waals surface area contributed by atoms with Crippen molar-refractivity contribution in [1.29, 1.82) is 0 Å². The second-order valence-corrected chi connectivity index (χ2v) is 12.1. The molecule has 220 valence electrons. The monoisotopic (exact) mass is 601 g/mol. The number of rotatable bonds is 4. The van der Waals surface area contributed by atoms with Gasteiger partial charge < -0.3 is 13.7 Å². The van der Waals surface area contributed by atoms with E-state index in [9.17, 15) is 0 Å². The summed E-state index contributed by atoms with van der Waals surface area (Å²) in [6.07, 6.45) is 0. The quantitative estimate of drug-likeness (QED) is 0.201. The number of anilines is 3. The molecule has 8 aromatic carbocycles. The van der Waals surface area contributed by atoms with Gasteiger partial charge in [-0.3, -0.25) is 0 Å². The molecule has 10 rings (SSSR count). The van der Waals surface area contributed by atoms with Crippen LogP contribution in [0.1, 0.15) is 0 Å². The van der Waals surface area contributed by atoms with Gasteiger partial charge in [-0.1, -0.05) is 127 Å². The van der Waals surface area contributed by atoms with Crippen LogP contribution in [0.15, 0.2) is 173 Å². The third-order valence-electron chi connectivity index (χ3n) is 9.46. The summed E-state index contributed by atoms with van der Waals surface area (Å²) in [5.74, 6) is 0. The number of furan rings is 2. The van der Waals surface area contributed by atoms with E-state index in [0.717, 1.165) is 71.7 Å². The van der Waals surface area contributed by atoms with E-state index in [2.05, 4.69) is 157 Å². The van der Waals surface area contributed by atoms with Crippen molar-refractivity contribution in [3.05, 3.63) is 164 Å². The number of hydrogen-bond acceptors (Lipinski definition) is 3. The van der Waals surface area contributed by atoms with Gasteiger partial charge in [0.25, 0.3) is 0 Å². The molecule has 0 bridgehead atoms. The average molecular weight is 602 g/mol. The summed E-state index contributed by atoms with van der Waals surface area (Å²) >= 11 is 0. The maximum Gasteiger partial charge on any atom is 0.159 e.